The molecule has 0 spiro atoms. The van der Waals surface area contributed by atoms with Gasteiger partial charge in [0.25, 0.3) is 5.91 Å². The fourth-order valence-electron chi connectivity index (χ4n) is 2.80. The third kappa shape index (κ3) is 5.17. The Labute approximate surface area is 171 Å². The Morgan fingerprint density at radius 1 is 1.28 bits per heavy atom. The van der Waals surface area contributed by atoms with Crippen LogP contribution in [0.2, 0.25) is 0 Å². The second kappa shape index (κ2) is 9.28. The summed E-state index contributed by atoms with van der Waals surface area (Å²) in [6, 6.07) is 8.07. The number of benzene rings is 1. The summed E-state index contributed by atoms with van der Waals surface area (Å²) >= 11 is 1.07. The minimum atomic E-state index is -0.928. The molecule has 2 heterocycles. The summed E-state index contributed by atoms with van der Waals surface area (Å²) in [5, 5.41) is 6.76. The molecule has 2 aromatic rings. The van der Waals surface area contributed by atoms with Crippen LogP contribution in [0.3, 0.4) is 0 Å². The van der Waals surface area contributed by atoms with Crippen molar-refractivity contribution in [3.63, 3.8) is 0 Å². The molecule has 29 heavy (non-hydrogen) atoms. The smallest absolute Gasteiger partial charge is 0.357 e. The normalized spacial score (nSPS) is 15.9. The first kappa shape index (κ1) is 20.5. The number of urea groups is 1. The Morgan fingerprint density at radius 2 is 2.03 bits per heavy atom. The van der Waals surface area contributed by atoms with Gasteiger partial charge in [0.1, 0.15) is 6.04 Å². The average Bonchev–Trinajstić information content (AvgIpc) is 3.26. The highest BCUT2D eigenvalue weighted by molar-refractivity contribution is 7.14. The summed E-state index contributed by atoms with van der Waals surface area (Å²) in [7, 11) is 0. The SMILES string of the molecule is CCOC(=O)c1csc(NC(=O)C[C@H]2NC(=O)N(CCc3ccccc3)C2=O)n1. The maximum absolute atomic E-state index is 12.5. The third-order valence-corrected chi connectivity index (χ3v) is 4.96. The highest BCUT2D eigenvalue weighted by Gasteiger charge is 2.38. The summed E-state index contributed by atoms with van der Waals surface area (Å²) in [6.07, 6.45) is 0.315. The van der Waals surface area contributed by atoms with Crippen LogP contribution < -0.4 is 10.6 Å². The molecule has 1 aliphatic heterocycles. The van der Waals surface area contributed by atoms with E-state index in [1.165, 1.54) is 5.38 Å². The second-order valence-electron chi connectivity index (χ2n) is 6.24. The van der Waals surface area contributed by atoms with Crippen molar-refractivity contribution in [1.82, 2.24) is 15.2 Å². The first-order valence-electron chi connectivity index (χ1n) is 9.06. The number of nitrogens with one attached hydrogen (secondary N) is 2. The van der Waals surface area contributed by atoms with Gasteiger partial charge < -0.3 is 15.4 Å². The van der Waals surface area contributed by atoms with Gasteiger partial charge in [-0.3, -0.25) is 14.5 Å². The van der Waals surface area contributed by atoms with Crippen molar-refractivity contribution in [2.24, 2.45) is 0 Å². The summed E-state index contributed by atoms with van der Waals surface area (Å²) in [5.74, 6) is -1.50. The van der Waals surface area contributed by atoms with Gasteiger partial charge in [0.15, 0.2) is 10.8 Å². The summed E-state index contributed by atoms with van der Waals surface area (Å²) in [4.78, 5) is 53.5. The van der Waals surface area contributed by atoms with Crippen molar-refractivity contribution < 1.29 is 23.9 Å². The highest BCUT2D eigenvalue weighted by atomic mass is 32.1. The van der Waals surface area contributed by atoms with Crippen LogP contribution in [0.25, 0.3) is 0 Å². The van der Waals surface area contributed by atoms with Crippen molar-refractivity contribution in [2.45, 2.75) is 25.8 Å². The number of carbonyl (C=O) groups is 4. The molecule has 0 aliphatic carbocycles. The van der Waals surface area contributed by atoms with Gasteiger partial charge in [-0.1, -0.05) is 30.3 Å². The summed E-state index contributed by atoms with van der Waals surface area (Å²) in [5.41, 5.74) is 1.11. The van der Waals surface area contributed by atoms with E-state index in [2.05, 4.69) is 15.6 Å². The Hall–Kier alpha value is -3.27. The maximum atomic E-state index is 12.5. The third-order valence-electron chi connectivity index (χ3n) is 4.20. The predicted molar refractivity (Wildman–Crippen MR) is 105 cm³/mol. The lowest BCUT2D eigenvalue weighted by Gasteiger charge is -2.12. The van der Waals surface area contributed by atoms with E-state index in [1.54, 1.807) is 6.92 Å². The number of esters is 1. The lowest BCUT2D eigenvalue weighted by Crippen LogP contribution is -2.34. The molecule has 1 aromatic carbocycles. The first-order valence-corrected chi connectivity index (χ1v) is 9.94. The van der Waals surface area contributed by atoms with Gasteiger partial charge in [-0.15, -0.1) is 11.3 Å². The Bertz CT molecular complexity index is 914. The predicted octanol–water partition coefficient (Wildman–Crippen LogP) is 1.81. The molecule has 0 unspecified atom stereocenters. The van der Waals surface area contributed by atoms with Gasteiger partial charge in [-0.2, -0.15) is 0 Å². The van der Waals surface area contributed by atoms with Crippen LogP contribution in [-0.2, 0) is 20.7 Å². The number of aromatic nitrogens is 1. The lowest BCUT2D eigenvalue weighted by molar-refractivity contribution is -0.129. The number of imide groups is 1. The minimum absolute atomic E-state index is 0.101. The molecule has 0 saturated carbocycles. The summed E-state index contributed by atoms with van der Waals surface area (Å²) < 4.78 is 4.84. The van der Waals surface area contributed by atoms with Crippen molar-refractivity contribution in [2.75, 3.05) is 18.5 Å². The van der Waals surface area contributed by atoms with Crippen LogP contribution in [-0.4, -0.2) is 52.9 Å². The number of anilines is 1. The van der Waals surface area contributed by atoms with E-state index < -0.39 is 29.9 Å². The fourth-order valence-corrected chi connectivity index (χ4v) is 3.49. The minimum Gasteiger partial charge on any atom is -0.461 e. The molecule has 1 aliphatic rings. The van der Waals surface area contributed by atoms with Crippen LogP contribution in [0.15, 0.2) is 35.7 Å². The van der Waals surface area contributed by atoms with Gasteiger partial charge in [0.05, 0.1) is 13.0 Å². The molecule has 0 radical (unpaired) electrons. The molecule has 4 amide bonds. The van der Waals surface area contributed by atoms with Gasteiger partial charge >= 0.3 is 12.0 Å². The zero-order chi connectivity index (χ0) is 20.8. The topological polar surface area (TPSA) is 118 Å². The van der Waals surface area contributed by atoms with E-state index in [0.29, 0.717) is 6.42 Å². The molecular formula is C19H20N4O5S. The second-order valence-corrected chi connectivity index (χ2v) is 7.10. The van der Waals surface area contributed by atoms with Crippen molar-refractivity contribution in [1.29, 1.82) is 0 Å². The summed E-state index contributed by atoms with van der Waals surface area (Å²) in [6.45, 7) is 2.15. The largest absolute Gasteiger partial charge is 0.461 e. The molecule has 9 nitrogen and oxygen atoms in total. The maximum Gasteiger partial charge on any atom is 0.357 e. The zero-order valence-corrected chi connectivity index (χ0v) is 16.5. The number of ether oxygens (including phenoxy) is 1. The van der Waals surface area contributed by atoms with Crippen LogP contribution in [0.5, 0.6) is 0 Å². The quantitative estimate of drug-likeness (QED) is 0.501. The van der Waals surface area contributed by atoms with E-state index >= 15 is 0 Å². The molecule has 1 aromatic heterocycles. The Morgan fingerprint density at radius 3 is 2.76 bits per heavy atom. The van der Waals surface area contributed by atoms with Crippen LogP contribution >= 0.6 is 11.3 Å². The zero-order valence-electron chi connectivity index (χ0n) is 15.7. The van der Waals surface area contributed by atoms with E-state index in [1.807, 2.05) is 30.3 Å². The number of amides is 4. The first-order chi connectivity index (χ1) is 14.0. The Kier molecular flexibility index (Phi) is 6.55. The lowest BCUT2D eigenvalue weighted by atomic mass is 10.1. The molecule has 2 N–H and O–H groups in total. The number of nitrogens with zero attached hydrogens (tertiary/aromatic N) is 2. The molecule has 1 saturated heterocycles. The number of hydrogen-bond acceptors (Lipinski definition) is 7. The molecule has 3 rings (SSSR count). The standard InChI is InChI=1S/C19H20N4O5S/c1-2-28-17(26)14-11-29-18(20-14)22-15(24)10-13-16(25)23(19(27)21-13)9-8-12-6-4-3-5-7-12/h3-7,11,13H,2,8-10H2,1H3,(H,21,27)(H,20,22,24)/t13-/m1/s1. The number of thiazole rings is 1. The van der Waals surface area contributed by atoms with Crippen LogP contribution in [0.1, 0.15) is 29.4 Å². The molecule has 1 fully saturated rings. The molecule has 152 valence electrons. The van der Waals surface area contributed by atoms with E-state index in [4.69, 9.17) is 4.74 Å². The van der Waals surface area contributed by atoms with Gasteiger partial charge in [-0.25, -0.2) is 14.6 Å². The van der Waals surface area contributed by atoms with Gasteiger partial charge in [0, 0.05) is 11.9 Å². The van der Waals surface area contributed by atoms with Crippen LogP contribution in [0, 0.1) is 0 Å². The number of carbonyl (C=O) groups excluding carboxylic acids is 4. The van der Waals surface area contributed by atoms with Crippen molar-refractivity contribution in [3.05, 3.63) is 47.0 Å². The Balaban J connectivity index is 1.52. The fraction of sp³-hybridized carbons (Fsp3) is 0.316. The molecule has 0 bridgehead atoms. The molecular weight excluding hydrogens is 396 g/mol. The monoisotopic (exact) mass is 416 g/mol. The van der Waals surface area contributed by atoms with Crippen molar-refractivity contribution >= 4 is 40.3 Å². The number of hydrogen-bond donors (Lipinski definition) is 2. The van der Waals surface area contributed by atoms with Gasteiger partial charge in [0.2, 0.25) is 5.91 Å². The van der Waals surface area contributed by atoms with Crippen molar-refractivity contribution in [3.8, 4) is 0 Å². The van der Waals surface area contributed by atoms with E-state index in [9.17, 15) is 19.2 Å². The molecule has 10 heteroatoms. The van der Waals surface area contributed by atoms with E-state index in [-0.39, 0.29) is 30.4 Å². The van der Waals surface area contributed by atoms with E-state index in [0.717, 1.165) is 21.8 Å². The number of rotatable bonds is 8. The highest BCUT2D eigenvalue weighted by Crippen LogP contribution is 2.18. The molecule has 1 atom stereocenters. The van der Waals surface area contributed by atoms with Crippen LogP contribution in [0.4, 0.5) is 9.93 Å². The van der Waals surface area contributed by atoms with Gasteiger partial charge in [-0.05, 0) is 18.9 Å². The average molecular weight is 416 g/mol.